The van der Waals surface area contributed by atoms with Gasteiger partial charge in [-0.2, -0.15) is 0 Å². The number of H-pyrrole nitrogens is 1. The third kappa shape index (κ3) is 3.60. The molecule has 6 nitrogen and oxygen atoms in total. The number of rotatable bonds is 5. The van der Waals surface area contributed by atoms with E-state index in [-0.39, 0.29) is 24.9 Å². The molecule has 0 radical (unpaired) electrons. The van der Waals surface area contributed by atoms with Crippen molar-refractivity contribution >= 4 is 22.8 Å². The van der Waals surface area contributed by atoms with Crippen LogP contribution in [0.3, 0.4) is 0 Å². The summed E-state index contributed by atoms with van der Waals surface area (Å²) >= 11 is 0. The van der Waals surface area contributed by atoms with Gasteiger partial charge in [-0.3, -0.25) is 9.59 Å². The average molecular weight is 322 g/mol. The van der Waals surface area contributed by atoms with Gasteiger partial charge in [0.2, 0.25) is 5.91 Å². The molecule has 3 aromatic rings. The molecule has 1 aromatic heterocycles. The van der Waals surface area contributed by atoms with E-state index in [0.717, 1.165) is 16.6 Å². The Morgan fingerprint density at radius 1 is 1.04 bits per heavy atom. The van der Waals surface area contributed by atoms with Crippen LogP contribution in [0.15, 0.2) is 48.5 Å². The molecule has 0 unspecified atom stereocenters. The number of aromatic nitrogens is 2. The monoisotopic (exact) mass is 322 g/mol. The summed E-state index contributed by atoms with van der Waals surface area (Å²) in [5.41, 5.74) is 3.23. The first-order valence-electron chi connectivity index (χ1n) is 7.67. The van der Waals surface area contributed by atoms with E-state index in [0.29, 0.717) is 11.4 Å². The lowest BCUT2D eigenvalue weighted by Gasteiger charge is -2.07. The van der Waals surface area contributed by atoms with Gasteiger partial charge in [0.15, 0.2) is 0 Å². The smallest absolute Gasteiger partial charge is 0.251 e. The van der Waals surface area contributed by atoms with E-state index < -0.39 is 0 Å². The van der Waals surface area contributed by atoms with Gasteiger partial charge in [-0.1, -0.05) is 30.3 Å². The van der Waals surface area contributed by atoms with Crippen LogP contribution in [0.1, 0.15) is 21.7 Å². The third-order valence-corrected chi connectivity index (χ3v) is 3.69. The number of amides is 2. The number of hydrogen-bond donors (Lipinski definition) is 3. The molecular weight excluding hydrogens is 304 g/mol. The summed E-state index contributed by atoms with van der Waals surface area (Å²) in [7, 11) is 0. The molecule has 0 spiro atoms. The molecule has 3 rings (SSSR count). The molecule has 3 N–H and O–H groups in total. The van der Waals surface area contributed by atoms with Gasteiger partial charge in [0.05, 0.1) is 24.1 Å². The van der Waals surface area contributed by atoms with Crippen molar-refractivity contribution in [2.45, 2.75) is 13.5 Å². The van der Waals surface area contributed by atoms with E-state index >= 15 is 0 Å². The first kappa shape index (κ1) is 15.7. The van der Waals surface area contributed by atoms with Crippen molar-refractivity contribution in [3.8, 4) is 0 Å². The van der Waals surface area contributed by atoms with E-state index in [4.69, 9.17) is 0 Å². The number of hydrogen-bond acceptors (Lipinski definition) is 3. The van der Waals surface area contributed by atoms with Crippen LogP contribution in [-0.2, 0) is 11.3 Å². The van der Waals surface area contributed by atoms with Gasteiger partial charge in [0.1, 0.15) is 5.82 Å². The van der Waals surface area contributed by atoms with Crippen LogP contribution >= 0.6 is 0 Å². The molecule has 0 fully saturated rings. The lowest BCUT2D eigenvalue weighted by atomic mass is 10.1. The van der Waals surface area contributed by atoms with E-state index in [9.17, 15) is 9.59 Å². The molecule has 0 saturated heterocycles. The van der Waals surface area contributed by atoms with Crippen LogP contribution in [0.4, 0.5) is 0 Å². The number of fused-ring (bicyclic) bond motifs is 1. The van der Waals surface area contributed by atoms with E-state index in [1.54, 1.807) is 12.1 Å². The Kier molecular flexibility index (Phi) is 4.56. The fourth-order valence-electron chi connectivity index (χ4n) is 2.42. The van der Waals surface area contributed by atoms with Gasteiger partial charge in [-0.25, -0.2) is 4.98 Å². The highest BCUT2D eigenvalue weighted by molar-refractivity contribution is 5.97. The van der Waals surface area contributed by atoms with Crippen LogP contribution in [-0.4, -0.2) is 28.3 Å². The molecule has 2 amide bonds. The molecule has 24 heavy (non-hydrogen) atoms. The number of aromatic amines is 1. The normalized spacial score (nSPS) is 10.5. The maximum atomic E-state index is 12.1. The van der Waals surface area contributed by atoms with Crippen molar-refractivity contribution in [2.75, 3.05) is 6.54 Å². The first-order chi connectivity index (χ1) is 11.6. The van der Waals surface area contributed by atoms with E-state index in [1.165, 1.54) is 0 Å². The van der Waals surface area contributed by atoms with Crippen LogP contribution in [0.5, 0.6) is 0 Å². The van der Waals surface area contributed by atoms with Gasteiger partial charge in [-0.15, -0.1) is 0 Å². The highest BCUT2D eigenvalue weighted by Crippen LogP contribution is 2.10. The Hall–Kier alpha value is -3.15. The summed E-state index contributed by atoms with van der Waals surface area (Å²) in [5, 5.41) is 5.35. The highest BCUT2D eigenvalue weighted by Gasteiger charge is 2.10. The van der Waals surface area contributed by atoms with E-state index in [2.05, 4.69) is 20.6 Å². The molecule has 0 aliphatic carbocycles. The summed E-state index contributed by atoms with van der Waals surface area (Å²) in [6.45, 7) is 2.07. The van der Waals surface area contributed by atoms with Crippen LogP contribution in [0.2, 0.25) is 0 Å². The SMILES string of the molecule is Cc1ccccc1C(=O)NCC(=O)NCc1nc2ccccc2[nH]1. The summed E-state index contributed by atoms with van der Waals surface area (Å²) < 4.78 is 0. The number of aryl methyl sites for hydroxylation is 1. The predicted octanol–water partition coefficient (Wildman–Crippen LogP) is 1.92. The minimum absolute atomic E-state index is 0.0760. The number of nitrogens with zero attached hydrogens (tertiary/aromatic N) is 1. The largest absolute Gasteiger partial charge is 0.347 e. The molecule has 0 aliphatic rings. The summed E-state index contributed by atoms with van der Waals surface area (Å²) in [6, 6.07) is 14.9. The van der Waals surface area contributed by atoms with Crippen molar-refractivity contribution in [1.82, 2.24) is 20.6 Å². The van der Waals surface area contributed by atoms with Crippen molar-refractivity contribution in [2.24, 2.45) is 0 Å². The molecule has 6 heteroatoms. The van der Waals surface area contributed by atoms with E-state index in [1.807, 2.05) is 43.3 Å². The summed E-state index contributed by atoms with van der Waals surface area (Å²) in [6.07, 6.45) is 0. The molecule has 0 aliphatic heterocycles. The first-order valence-corrected chi connectivity index (χ1v) is 7.67. The molecular formula is C18H18N4O2. The van der Waals surface area contributed by atoms with Gasteiger partial charge in [0, 0.05) is 5.56 Å². The van der Waals surface area contributed by atoms with Crippen molar-refractivity contribution in [3.63, 3.8) is 0 Å². The highest BCUT2D eigenvalue weighted by atomic mass is 16.2. The topological polar surface area (TPSA) is 86.9 Å². The van der Waals surface area contributed by atoms with Gasteiger partial charge < -0.3 is 15.6 Å². The molecule has 0 bridgehead atoms. The number of imidazole rings is 1. The van der Waals surface area contributed by atoms with Crippen LogP contribution in [0, 0.1) is 6.92 Å². The number of carbonyl (C=O) groups excluding carboxylic acids is 2. The Bertz CT molecular complexity index is 852. The zero-order valence-corrected chi connectivity index (χ0v) is 13.3. The average Bonchev–Trinajstić information content (AvgIpc) is 3.01. The Labute approximate surface area is 139 Å². The maximum absolute atomic E-state index is 12.1. The zero-order valence-electron chi connectivity index (χ0n) is 13.3. The minimum atomic E-state index is -0.266. The minimum Gasteiger partial charge on any atom is -0.347 e. The Morgan fingerprint density at radius 3 is 2.58 bits per heavy atom. The molecule has 0 saturated carbocycles. The number of benzene rings is 2. The Balaban J connectivity index is 1.51. The second-order valence-corrected chi connectivity index (χ2v) is 5.47. The lowest BCUT2D eigenvalue weighted by Crippen LogP contribution is -2.37. The van der Waals surface area contributed by atoms with Crippen LogP contribution in [0.25, 0.3) is 11.0 Å². The fourth-order valence-corrected chi connectivity index (χ4v) is 2.42. The lowest BCUT2D eigenvalue weighted by molar-refractivity contribution is -0.120. The standard InChI is InChI=1S/C18H18N4O2/c1-12-6-2-3-7-13(12)18(24)20-11-17(23)19-10-16-21-14-8-4-5-9-15(14)22-16/h2-9H,10-11H2,1H3,(H,19,23)(H,20,24)(H,21,22). The second-order valence-electron chi connectivity index (χ2n) is 5.47. The summed E-state index contributed by atoms with van der Waals surface area (Å²) in [4.78, 5) is 31.5. The Morgan fingerprint density at radius 2 is 1.79 bits per heavy atom. The molecule has 1 heterocycles. The number of carbonyl (C=O) groups is 2. The summed E-state index contributed by atoms with van der Waals surface area (Å²) in [5.74, 6) is 0.152. The molecule has 2 aromatic carbocycles. The van der Waals surface area contributed by atoms with Crippen molar-refractivity contribution < 1.29 is 9.59 Å². The molecule has 122 valence electrons. The fraction of sp³-hybridized carbons (Fsp3) is 0.167. The third-order valence-electron chi connectivity index (χ3n) is 3.69. The van der Waals surface area contributed by atoms with Crippen LogP contribution < -0.4 is 10.6 Å². The van der Waals surface area contributed by atoms with Gasteiger partial charge >= 0.3 is 0 Å². The number of nitrogens with one attached hydrogen (secondary N) is 3. The second kappa shape index (κ2) is 6.95. The van der Waals surface area contributed by atoms with Crippen molar-refractivity contribution in [1.29, 1.82) is 0 Å². The maximum Gasteiger partial charge on any atom is 0.251 e. The quantitative estimate of drug-likeness (QED) is 0.671. The zero-order chi connectivity index (χ0) is 16.9. The predicted molar refractivity (Wildman–Crippen MR) is 91.5 cm³/mol. The molecule has 0 atom stereocenters. The van der Waals surface area contributed by atoms with Gasteiger partial charge in [-0.05, 0) is 30.7 Å². The van der Waals surface area contributed by atoms with Crippen molar-refractivity contribution in [3.05, 3.63) is 65.5 Å². The van der Waals surface area contributed by atoms with Gasteiger partial charge in [0.25, 0.3) is 5.91 Å². The number of para-hydroxylation sites is 2.